The van der Waals surface area contributed by atoms with Crippen LogP contribution in [0.15, 0.2) is 30.4 Å². The molecule has 0 bridgehead atoms. The first-order chi connectivity index (χ1) is 10.7. The van der Waals surface area contributed by atoms with Gasteiger partial charge in [-0.2, -0.15) is 5.26 Å². The molecule has 0 aromatic heterocycles. The second-order valence-electron chi connectivity index (χ2n) is 6.06. The normalized spacial score (nSPS) is 21.7. The number of hydrogen-bond acceptors (Lipinski definition) is 2. The molecule has 3 heteroatoms. The zero-order valence-corrected chi connectivity index (χ0v) is 13.2. The van der Waals surface area contributed by atoms with Crippen LogP contribution >= 0.6 is 0 Å². The molecule has 0 spiro atoms. The first-order valence-corrected chi connectivity index (χ1v) is 8.22. The fraction of sp³-hybridized carbons (Fsp3) is 0.526. The maximum absolute atomic E-state index is 13.4. The van der Waals surface area contributed by atoms with Crippen LogP contribution in [0.5, 0.6) is 5.75 Å². The van der Waals surface area contributed by atoms with Crippen LogP contribution in [0.2, 0.25) is 0 Å². The molecule has 2 rings (SSSR count). The van der Waals surface area contributed by atoms with Crippen molar-refractivity contribution in [2.75, 3.05) is 6.61 Å². The summed E-state index contributed by atoms with van der Waals surface area (Å²) in [6.07, 6.45) is 12.1. The molecular weight excluding hydrogens is 277 g/mol. The molecule has 1 aliphatic carbocycles. The van der Waals surface area contributed by atoms with Gasteiger partial charge in [0.25, 0.3) is 0 Å². The van der Waals surface area contributed by atoms with Gasteiger partial charge >= 0.3 is 0 Å². The minimum absolute atomic E-state index is 0.0479. The predicted molar refractivity (Wildman–Crippen MR) is 86.1 cm³/mol. The summed E-state index contributed by atoms with van der Waals surface area (Å²) in [5.41, 5.74) is 0.0479. The molecule has 22 heavy (non-hydrogen) atoms. The largest absolute Gasteiger partial charge is 0.489 e. The molecule has 1 aliphatic rings. The van der Waals surface area contributed by atoms with Gasteiger partial charge in [0.05, 0.1) is 5.56 Å². The number of ether oxygens (including phenoxy) is 1. The molecule has 0 radical (unpaired) electrons. The van der Waals surface area contributed by atoms with Gasteiger partial charge in [0, 0.05) is 6.07 Å². The van der Waals surface area contributed by atoms with Gasteiger partial charge in [0.15, 0.2) is 0 Å². The molecule has 0 amide bonds. The maximum atomic E-state index is 13.4. The van der Waals surface area contributed by atoms with Gasteiger partial charge in [-0.1, -0.05) is 31.9 Å². The Hall–Kier alpha value is -1.82. The fourth-order valence-electron chi connectivity index (χ4n) is 3.15. The lowest BCUT2D eigenvalue weighted by atomic mass is 9.80. The smallest absolute Gasteiger partial charge is 0.144 e. The number of hydrogen-bond donors (Lipinski definition) is 0. The molecule has 118 valence electrons. The Bertz CT molecular complexity index is 539. The second kappa shape index (κ2) is 8.58. The summed E-state index contributed by atoms with van der Waals surface area (Å²) in [6.45, 7) is 2.70. The van der Waals surface area contributed by atoms with Crippen LogP contribution in [0.1, 0.15) is 51.0 Å². The third kappa shape index (κ3) is 4.87. The molecule has 0 heterocycles. The Kier molecular flexibility index (Phi) is 6.45. The summed E-state index contributed by atoms with van der Waals surface area (Å²) in [7, 11) is 0. The lowest BCUT2D eigenvalue weighted by molar-refractivity contribution is 0.292. The highest BCUT2D eigenvalue weighted by Crippen LogP contribution is 2.32. The van der Waals surface area contributed by atoms with Gasteiger partial charge in [-0.3, -0.25) is 0 Å². The second-order valence-corrected chi connectivity index (χ2v) is 6.06. The van der Waals surface area contributed by atoms with Crippen LogP contribution in [0.3, 0.4) is 0 Å². The van der Waals surface area contributed by atoms with Crippen molar-refractivity contribution in [1.82, 2.24) is 0 Å². The molecule has 1 saturated carbocycles. The van der Waals surface area contributed by atoms with E-state index in [0.717, 1.165) is 5.92 Å². The minimum Gasteiger partial charge on any atom is -0.489 e. The highest BCUT2D eigenvalue weighted by molar-refractivity contribution is 5.36. The van der Waals surface area contributed by atoms with Crippen LogP contribution < -0.4 is 4.74 Å². The molecule has 0 aliphatic heterocycles. The lowest BCUT2D eigenvalue weighted by Gasteiger charge is -2.26. The van der Waals surface area contributed by atoms with Crippen molar-refractivity contribution >= 4 is 0 Å². The van der Waals surface area contributed by atoms with E-state index in [2.05, 4.69) is 13.0 Å². The van der Waals surface area contributed by atoms with Crippen LogP contribution in [0, 0.1) is 29.0 Å². The molecule has 2 nitrogen and oxygen atoms in total. The standard InChI is InChI=1S/C19H24FNO/c1-2-4-15-6-8-16(9-7-15)5-3-12-22-18-11-10-17(14-21)19(20)13-18/h3,5,10-11,13,15-16H,2,4,6-9,12H2,1H3. The number of nitrogens with zero attached hydrogens (tertiary/aromatic N) is 1. The van der Waals surface area contributed by atoms with Crippen LogP contribution in [0.4, 0.5) is 4.39 Å². The monoisotopic (exact) mass is 301 g/mol. The van der Waals surface area contributed by atoms with Crippen molar-refractivity contribution in [1.29, 1.82) is 5.26 Å². The Labute approximate surface area is 132 Å². The van der Waals surface area contributed by atoms with E-state index < -0.39 is 5.82 Å². The molecule has 1 aromatic rings. The van der Waals surface area contributed by atoms with E-state index in [4.69, 9.17) is 10.00 Å². The van der Waals surface area contributed by atoms with Gasteiger partial charge in [-0.05, 0) is 49.7 Å². The average molecular weight is 301 g/mol. The molecule has 0 N–H and O–H groups in total. The Morgan fingerprint density at radius 3 is 2.73 bits per heavy atom. The number of nitriles is 1. The summed E-state index contributed by atoms with van der Waals surface area (Å²) in [5, 5.41) is 8.68. The van der Waals surface area contributed by atoms with Crippen molar-refractivity contribution in [3.05, 3.63) is 41.7 Å². The SMILES string of the molecule is CCCC1CCC(C=CCOc2ccc(C#N)c(F)c2)CC1. The van der Waals surface area contributed by atoms with Gasteiger partial charge in [-0.15, -0.1) is 0 Å². The Balaban J connectivity index is 1.73. The number of halogens is 1. The highest BCUT2D eigenvalue weighted by atomic mass is 19.1. The van der Waals surface area contributed by atoms with Crippen molar-refractivity contribution in [2.24, 2.45) is 11.8 Å². The maximum Gasteiger partial charge on any atom is 0.144 e. The summed E-state index contributed by atoms with van der Waals surface area (Å²) in [6, 6.07) is 6.15. The number of allylic oxidation sites excluding steroid dienone is 1. The van der Waals surface area contributed by atoms with Crippen LogP contribution in [-0.2, 0) is 0 Å². The number of rotatable bonds is 6. The quantitative estimate of drug-likeness (QED) is 0.673. The van der Waals surface area contributed by atoms with Crippen molar-refractivity contribution < 1.29 is 9.13 Å². The van der Waals surface area contributed by atoms with Crippen molar-refractivity contribution in [3.8, 4) is 11.8 Å². The molecule has 0 unspecified atom stereocenters. The van der Waals surface area contributed by atoms with E-state index >= 15 is 0 Å². The minimum atomic E-state index is -0.529. The number of benzene rings is 1. The first-order valence-electron chi connectivity index (χ1n) is 8.22. The van der Waals surface area contributed by atoms with E-state index in [1.54, 1.807) is 12.1 Å². The molecule has 1 fully saturated rings. The van der Waals surface area contributed by atoms with Gasteiger partial charge in [0.2, 0.25) is 0 Å². The Morgan fingerprint density at radius 2 is 2.09 bits per heavy atom. The highest BCUT2D eigenvalue weighted by Gasteiger charge is 2.18. The Morgan fingerprint density at radius 1 is 1.32 bits per heavy atom. The van der Waals surface area contributed by atoms with E-state index in [-0.39, 0.29) is 5.56 Å². The zero-order valence-electron chi connectivity index (χ0n) is 13.2. The summed E-state index contributed by atoms with van der Waals surface area (Å²) < 4.78 is 18.9. The van der Waals surface area contributed by atoms with E-state index in [9.17, 15) is 4.39 Å². The molecular formula is C19H24FNO. The van der Waals surface area contributed by atoms with E-state index in [1.165, 1.54) is 50.7 Å². The van der Waals surface area contributed by atoms with Gasteiger partial charge < -0.3 is 4.74 Å². The molecule has 0 atom stereocenters. The first kappa shape index (κ1) is 16.5. The van der Waals surface area contributed by atoms with Crippen molar-refractivity contribution in [2.45, 2.75) is 45.4 Å². The van der Waals surface area contributed by atoms with E-state index in [1.807, 2.05) is 6.08 Å². The van der Waals surface area contributed by atoms with Crippen LogP contribution in [0.25, 0.3) is 0 Å². The third-order valence-corrected chi connectivity index (χ3v) is 4.40. The predicted octanol–water partition coefficient (Wildman–Crippen LogP) is 5.24. The topological polar surface area (TPSA) is 33.0 Å². The summed E-state index contributed by atoms with van der Waals surface area (Å²) >= 11 is 0. The van der Waals surface area contributed by atoms with Crippen molar-refractivity contribution in [3.63, 3.8) is 0 Å². The zero-order chi connectivity index (χ0) is 15.8. The molecule has 0 saturated heterocycles. The third-order valence-electron chi connectivity index (χ3n) is 4.40. The summed E-state index contributed by atoms with van der Waals surface area (Å²) in [4.78, 5) is 0. The lowest BCUT2D eigenvalue weighted by Crippen LogP contribution is -2.13. The van der Waals surface area contributed by atoms with Crippen LogP contribution in [-0.4, -0.2) is 6.61 Å². The van der Waals surface area contributed by atoms with Gasteiger partial charge in [0.1, 0.15) is 24.2 Å². The average Bonchev–Trinajstić information content (AvgIpc) is 2.53. The van der Waals surface area contributed by atoms with Gasteiger partial charge in [-0.25, -0.2) is 4.39 Å². The molecule has 1 aromatic carbocycles. The summed E-state index contributed by atoms with van der Waals surface area (Å²) in [5.74, 6) is 1.52. The fourth-order valence-corrected chi connectivity index (χ4v) is 3.15. The van der Waals surface area contributed by atoms with E-state index in [0.29, 0.717) is 18.3 Å².